The minimum absolute atomic E-state index is 0.0207. The first-order valence-electron chi connectivity index (χ1n) is 9.13. The highest BCUT2D eigenvalue weighted by Gasteiger charge is 2.31. The van der Waals surface area contributed by atoms with E-state index in [1.807, 2.05) is 18.2 Å². The fourth-order valence-corrected chi connectivity index (χ4v) is 5.25. The summed E-state index contributed by atoms with van der Waals surface area (Å²) < 4.78 is 33.8. The molecule has 3 aromatic rings. The number of anilines is 2. The Balaban J connectivity index is 1.70. The van der Waals surface area contributed by atoms with E-state index in [4.69, 9.17) is 4.74 Å². The number of carbonyl (C=O) groups excluding carboxylic acids is 1. The number of methoxy groups -OCH3 is 1. The van der Waals surface area contributed by atoms with Crippen LogP contribution in [0.25, 0.3) is 0 Å². The molecule has 1 amide bonds. The number of para-hydroxylation sites is 1. The summed E-state index contributed by atoms with van der Waals surface area (Å²) in [6.45, 7) is 0.358. The Bertz CT molecular complexity index is 1230. The van der Waals surface area contributed by atoms with Gasteiger partial charge in [-0.1, -0.05) is 24.3 Å². The van der Waals surface area contributed by atoms with Crippen LogP contribution >= 0.6 is 15.9 Å². The molecule has 1 N–H and O–H groups in total. The number of carbonyl (C=O) groups is 1. The maximum Gasteiger partial charge on any atom is 0.264 e. The highest BCUT2D eigenvalue weighted by Crippen LogP contribution is 2.34. The number of sulfonamides is 1. The van der Waals surface area contributed by atoms with Crippen molar-refractivity contribution in [3.05, 3.63) is 76.4 Å². The van der Waals surface area contributed by atoms with Crippen LogP contribution in [0.15, 0.2) is 70.2 Å². The van der Waals surface area contributed by atoms with Gasteiger partial charge in [0.05, 0.1) is 23.3 Å². The van der Waals surface area contributed by atoms with Gasteiger partial charge in [-0.3, -0.25) is 9.10 Å². The van der Waals surface area contributed by atoms with Gasteiger partial charge in [0.25, 0.3) is 15.9 Å². The van der Waals surface area contributed by atoms with E-state index in [1.165, 1.54) is 29.6 Å². The van der Waals surface area contributed by atoms with Crippen molar-refractivity contribution in [3.63, 3.8) is 0 Å². The SMILES string of the molecule is COc1ccc(S(=O)(=O)N2CCc3ccccc32)cc1C(=O)Nc1cccc(Br)n1. The lowest BCUT2D eigenvalue weighted by molar-refractivity contribution is 0.102. The molecule has 2 heterocycles. The summed E-state index contributed by atoms with van der Waals surface area (Å²) in [4.78, 5) is 17.0. The van der Waals surface area contributed by atoms with E-state index in [2.05, 4.69) is 26.2 Å². The number of nitrogens with one attached hydrogen (secondary N) is 1. The molecule has 0 saturated heterocycles. The van der Waals surface area contributed by atoms with Crippen LogP contribution in [0, 0.1) is 0 Å². The third-order valence-electron chi connectivity index (χ3n) is 4.80. The predicted molar refractivity (Wildman–Crippen MR) is 118 cm³/mol. The second-order valence-corrected chi connectivity index (χ2v) is 9.29. The summed E-state index contributed by atoms with van der Waals surface area (Å²) in [5.41, 5.74) is 1.75. The van der Waals surface area contributed by atoms with Crippen molar-refractivity contribution in [2.45, 2.75) is 11.3 Å². The van der Waals surface area contributed by atoms with Gasteiger partial charge in [0.15, 0.2) is 0 Å². The molecule has 30 heavy (non-hydrogen) atoms. The van der Waals surface area contributed by atoms with E-state index < -0.39 is 15.9 Å². The second-order valence-electron chi connectivity index (χ2n) is 6.62. The maximum atomic E-state index is 13.3. The number of halogens is 1. The molecule has 154 valence electrons. The number of amides is 1. The molecular weight excluding hydrogens is 470 g/mol. The zero-order valence-corrected chi connectivity index (χ0v) is 18.4. The van der Waals surface area contributed by atoms with Crippen molar-refractivity contribution >= 4 is 43.4 Å². The average molecular weight is 488 g/mol. The van der Waals surface area contributed by atoms with E-state index in [0.29, 0.717) is 29.1 Å². The van der Waals surface area contributed by atoms with E-state index in [0.717, 1.165) is 5.56 Å². The van der Waals surface area contributed by atoms with Crippen LogP contribution < -0.4 is 14.4 Å². The summed E-state index contributed by atoms with van der Waals surface area (Å²) in [7, 11) is -2.41. The normalized spacial score (nSPS) is 13.1. The average Bonchev–Trinajstić information content (AvgIpc) is 3.18. The number of hydrogen-bond acceptors (Lipinski definition) is 5. The van der Waals surface area contributed by atoms with Crippen LogP contribution in [0.5, 0.6) is 5.75 Å². The molecule has 1 aliphatic rings. The van der Waals surface area contributed by atoms with E-state index in [9.17, 15) is 13.2 Å². The molecule has 9 heteroatoms. The Morgan fingerprint density at radius 2 is 1.93 bits per heavy atom. The third-order valence-corrected chi connectivity index (χ3v) is 7.06. The first-order valence-corrected chi connectivity index (χ1v) is 11.4. The number of rotatable bonds is 5. The van der Waals surface area contributed by atoms with Gasteiger partial charge in [0, 0.05) is 6.54 Å². The van der Waals surface area contributed by atoms with Crippen LogP contribution in [0.3, 0.4) is 0 Å². The van der Waals surface area contributed by atoms with Crippen molar-refractivity contribution < 1.29 is 17.9 Å². The standard InChI is InChI=1S/C21H18BrN3O4S/c1-29-18-10-9-15(13-16(18)21(26)24-20-8-4-7-19(22)23-20)30(27,28)25-12-11-14-5-2-3-6-17(14)25/h2-10,13H,11-12H2,1H3,(H,23,24,26). The van der Waals surface area contributed by atoms with Crippen LogP contribution in [0.1, 0.15) is 15.9 Å². The third kappa shape index (κ3) is 3.78. The Hall–Kier alpha value is -2.91. The summed E-state index contributed by atoms with van der Waals surface area (Å²) >= 11 is 3.25. The summed E-state index contributed by atoms with van der Waals surface area (Å²) in [5.74, 6) is 0.0812. The lowest BCUT2D eigenvalue weighted by Crippen LogP contribution is -2.29. The van der Waals surface area contributed by atoms with Gasteiger partial charge in [0.1, 0.15) is 16.2 Å². The first kappa shape index (κ1) is 20.4. The Morgan fingerprint density at radius 3 is 2.70 bits per heavy atom. The zero-order chi connectivity index (χ0) is 21.3. The zero-order valence-electron chi connectivity index (χ0n) is 16.0. The van der Waals surface area contributed by atoms with Crippen LogP contribution in [0.4, 0.5) is 11.5 Å². The summed E-state index contributed by atoms with van der Waals surface area (Å²) in [6, 6.07) is 16.8. The van der Waals surface area contributed by atoms with Gasteiger partial charge in [-0.2, -0.15) is 0 Å². The molecule has 2 aromatic carbocycles. The van der Waals surface area contributed by atoms with Crippen molar-refractivity contribution in [1.29, 1.82) is 0 Å². The Kier molecular flexibility index (Phi) is 5.48. The molecule has 0 spiro atoms. The fraction of sp³-hybridized carbons (Fsp3) is 0.143. The Labute approximate surface area is 182 Å². The van der Waals surface area contributed by atoms with Gasteiger partial charge >= 0.3 is 0 Å². The molecule has 0 aliphatic carbocycles. The molecule has 7 nitrogen and oxygen atoms in total. The summed E-state index contributed by atoms with van der Waals surface area (Å²) in [6.07, 6.45) is 0.646. The highest BCUT2D eigenvalue weighted by atomic mass is 79.9. The number of hydrogen-bond donors (Lipinski definition) is 1. The van der Waals surface area contributed by atoms with Crippen LogP contribution in [-0.4, -0.2) is 33.0 Å². The Morgan fingerprint density at radius 1 is 1.13 bits per heavy atom. The number of pyridine rings is 1. The molecule has 0 unspecified atom stereocenters. The number of benzene rings is 2. The predicted octanol–water partition coefficient (Wildman–Crippen LogP) is 3.86. The van der Waals surface area contributed by atoms with E-state index in [1.54, 1.807) is 24.3 Å². The topological polar surface area (TPSA) is 88.6 Å². The number of aromatic nitrogens is 1. The van der Waals surface area contributed by atoms with Crippen molar-refractivity contribution in [2.75, 3.05) is 23.3 Å². The monoisotopic (exact) mass is 487 g/mol. The number of nitrogens with zero attached hydrogens (tertiary/aromatic N) is 2. The minimum atomic E-state index is -3.84. The minimum Gasteiger partial charge on any atom is -0.496 e. The van der Waals surface area contributed by atoms with Gasteiger partial charge in [-0.15, -0.1) is 0 Å². The van der Waals surface area contributed by atoms with Crippen molar-refractivity contribution in [1.82, 2.24) is 4.98 Å². The lowest BCUT2D eigenvalue weighted by atomic mass is 10.2. The molecule has 0 radical (unpaired) electrons. The fourth-order valence-electron chi connectivity index (χ4n) is 3.37. The van der Waals surface area contributed by atoms with Gasteiger partial charge in [-0.05, 0) is 64.3 Å². The first-order chi connectivity index (χ1) is 14.4. The lowest BCUT2D eigenvalue weighted by Gasteiger charge is -2.20. The van der Waals surface area contributed by atoms with Gasteiger partial charge in [0.2, 0.25) is 0 Å². The van der Waals surface area contributed by atoms with Crippen LogP contribution in [0.2, 0.25) is 0 Å². The molecule has 1 aliphatic heterocycles. The van der Waals surface area contributed by atoms with Gasteiger partial charge < -0.3 is 10.1 Å². The molecule has 0 saturated carbocycles. The van der Waals surface area contributed by atoms with Gasteiger partial charge in [-0.25, -0.2) is 13.4 Å². The molecule has 0 atom stereocenters. The van der Waals surface area contributed by atoms with Crippen molar-refractivity contribution in [3.8, 4) is 5.75 Å². The van der Waals surface area contributed by atoms with Crippen molar-refractivity contribution in [2.24, 2.45) is 0 Å². The quantitative estimate of drug-likeness (QED) is 0.552. The number of ether oxygens (including phenoxy) is 1. The second kappa shape index (κ2) is 8.08. The summed E-state index contributed by atoms with van der Waals surface area (Å²) in [5, 5.41) is 2.67. The smallest absolute Gasteiger partial charge is 0.264 e. The molecule has 0 fully saturated rings. The van der Waals surface area contributed by atoms with E-state index >= 15 is 0 Å². The van der Waals surface area contributed by atoms with E-state index in [-0.39, 0.29) is 16.2 Å². The highest BCUT2D eigenvalue weighted by molar-refractivity contribution is 9.10. The molecule has 0 bridgehead atoms. The van der Waals surface area contributed by atoms with Crippen LogP contribution in [-0.2, 0) is 16.4 Å². The number of fused-ring (bicyclic) bond motifs is 1. The molecule has 4 rings (SSSR count). The largest absolute Gasteiger partial charge is 0.496 e. The molecule has 1 aromatic heterocycles. The molecular formula is C21H18BrN3O4S. The maximum absolute atomic E-state index is 13.3.